The molecule has 0 saturated carbocycles. The molecule has 1 aromatic rings. The van der Waals surface area contributed by atoms with E-state index >= 15 is 0 Å². The van der Waals surface area contributed by atoms with Crippen LogP contribution in [0.4, 0.5) is 0 Å². The van der Waals surface area contributed by atoms with Crippen molar-refractivity contribution in [2.45, 2.75) is 31.9 Å². The number of carbonyl (C=O) groups is 1. The lowest BCUT2D eigenvalue weighted by molar-refractivity contribution is -0.146. The first-order valence-corrected chi connectivity index (χ1v) is 5.90. The second-order valence-electron chi connectivity index (χ2n) is 3.98. The van der Waals surface area contributed by atoms with Gasteiger partial charge >= 0.3 is 5.97 Å². The van der Waals surface area contributed by atoms with E-state index in [1.165, 1.54) is 0 Å². The topological polar surface area (TPSA) is 78.3 Å². The molecule has 4 N–H and O–H groups in total. The first-order chi connectivity index (χ1) is 8.24. The number of hydrogen-bond acceptors (Lipinski definition) is 4. The molecule has 0 aliphatic rings. The van der Waals surface area contributed by atoms with E-state index in [0.717, 1.165) is 18.4 Å². The van der Waals surface area contributed by atoms with Gasteiger partial charge in [-0.2, -0.15) is 0 Å². The molecule has 0 unspecified atom stereocenters. The Labute approximate surface area is 114 Å². The molecule has 18 heavy (non-hydrogen) atoms. The Morgan fingerprint density at radius 3 is 2.50 bits per heavy atom. The van der Waals surface area contributed by atoms with Crippen LogP contribution in [0.15, 0.2) is 30.3 Å². The Morgan fingerprint density at radius 2 is 1.89 bits per heavy atom. The summed E-state index contributed by atoms with van der Waals surface area (Å²) in [6, 6.07) is 9.02. The molecule has 1 rings (SSSR count). The molecule has 0 heterocycles. The molecule has 5 heteroatoms. The van der Waals surface area contributed by atoms with Crippen LogP contribution < -0.4 is 11.5 Å². The predicted molar refractivity (Wildman–Crippen MR) is 74.4 cm³/mol. The highest BCUT2D eigenvalue weighted by Gasteiger charge is 2.14. The van der Waals surface area contributed by atoms with E-state index in [1.807, 2.05) is 30.3 Å². The summed E-state index contributed by atoms with van der Waals surface area (Å²) in [4.78, 5) is 11.5. The first-order valence-electron chi connectivity index (χ1n) is 5.90. The number of rotatable bonds is 7. The van der Waals surface area contributed by atoms with Crippen molar-refractivity contribution in [2.24, 2.45) is 11.5 Å². The molecule has 4 nitrogen and oxygen atoms in total. The lowest BCUT2D eigenvalue weighted by atomic mass is 10.1. The molecule has 0 amide bonds. The van der Waals surface area contributed by atoms with Crippen molar-refractivity contribution in [2.75, 3.05) is 6.54 Å². The van der Waals surface area contributed by atoms with E-state index in [9.17, 15) is 4.79 Å². The summed E-state index contributed by atoms with van der Waals surface area (Å²) in [6.07, 6.45) is 2.38. The van der Waals surface area contributed by atoms with Gasteiger partial charge in [0, 0.05) is 0 Å². The fraction of sp³-hybridized carbons (Fsp3) is 0.462. The largest absolute Gasteiger partial charge is 0.460 e. The van der Waals surface area contributed by atoms with Gasteiger partial charge in [-0.15, -0.1) is 12.4 Å². The third kappa shape index (κ3) is 6.59. The van der Waals surface area contributed by atoms with Crippen molar-refractivity contribution in [3.63, 3.8) is 0 Å². The minimum absolute atomic E-state index is 0. The van der Waals surface area contributed by atoms with E-state index in [-0.39, 0.29) is 25.0 Å². The maximum Gasteiger partial charge on any atom is 0.323 e. The number of hydrogen-bond donors (Lipinski definition) is 2. The standard InChI is InChI=1S/C13H20N2O2.ClH/c14-9-5-4-8-12(15)13(16)17-10-11-6-2-1-3-7-11;/h1-3,6-7,12H,4-5,8-10,14-15H2;1H/t12-;/m0./s1. The van der Waals surface area contributed by atoms with Crippen molar-refractivity contribution < 1.29 is 9.53 Å². The van der Waals surface area contributed by atoms with Gasteiger partial charge < -0.3 is 16.2 Å². The predicted octanol–water partition coefficient (Wildman–Crippen LogP) is 1.61. The molecule has 1 aromatic carbocycles. The Hall–Kier alpha value is -1.10. The minimum Gasteiger partial charge on any atom is -0.460 e. The highest BCUT2D eigenvalue weighted by Crippen LogP contribution is 2.04. The van der Waals surface area contributed by atoms with Crippen LogP contribution in [-0.4, -0.2) is 18.6 Å². The summed E-state index contributed by atoms with van der Waals surface area (Å²) < 4.78 is 5.13. The van der Waals surface area contributed by atoms with Crippen LogP contribution in [0.3, 0.4) is 0 Å². The average Bonchev–Trinajstić information content (AvgIpc) is 2.37. The third-order valence-electron chi connectivity index (χ3n) is 2.50. The Morgan fingerprint density at radius 1 is 1.22 bits per heavy atom. The van der Waals surface area contributed by atoms with Gasteiger partial charge in [-0.1, -0.05) is 36.8 Å². The van der Waals surface area contributed by atoms with Crippen molar-refractivity contribution >= 4 is 18.4 Å². The van der Waals surface area contributed by atoms with E-state index < -0.39 is 6.04 Å². The fourth-order valence-electron chi connectivity index (χ4n) is 1.46. The van der Waals surface area contributed by atoms with Gasteiger partial charge in [0.15, 0.2) is 0 Å². The highest BCUT2D eigenvalue weighted by molar-refractivity contribution is 5.85. The summed E-state index contributed by atoms with van der Waals surface area (Å²) in [6.45, 7) is 0.913. The first kappa shape index (κ1) is 16.9. The van der Waals surface area contributed by atoms with Crippen LogP contribution >= 0.6 is 12.4 Å². The van der Waals surface area contributed by atoms with Gasteiger partial charge in [-0.25, -0.2) is 0 Å². The maximum absolute atomic E-state index is 11.5. The SMILES string of the molecule is Cl.NCCCC[C@H](N)C(=O)OCc1ccccc1. The molecule has 1 atom stereocenters. The summed E-state index contributed by atoms with van der Waals surface area (Å²) >= 11 is 0. The van der Waals surface area contributed by atoms with Crippen LogP contribution in [0.5, 0.6) is 0 Å². The van der Waals surface area contributed by atoms with Crippen molar-refractivity contribution in [1.82, 2.24) is 0 Å². The normalized spacial score (nSPS) is 11.4. The molecule has 0 bridgehead atoms. The Kier molecular flexibility index (Phi) is 9.28. The average molecular weight is 273 g/mol. The number of carbonyl (C=O) groups excluding carboxylic acids is 1. The number of benzene rings is 1. The quantitative estimate of drug-likeness (QED) is 0.584. The highest BCUT2D eigenvalue weighted by atomic mass is 35.5. The van der Waals surface area contributed by atoms with Gasteiger partial charge in [-0.3, -0.25) is 4.79 Å². The third-order valence-corrected chi connectivity index (χ3v) is 2.50. The summed E-state index contributed by atoms with van der Waals surface area (Å²) in [5.41, 5.74) is 12.0. The van der Waals surface area contributed by atoms with E-state index in [1.54, 1.807) is 0 Å². The Bertz CT molecular complexity index is 333. The van der Waals surface area contributed by atoms with Crippen LogP contribution in [-0.2, 0) is 16.1 Å². The van der Waals surface area contributed by atoms with Crippen LogP contribution in [0, 0.1) is 0 Å². The fourth-order valence-corrected chi connectivity index (χ4v) is 1.46. The van der Waals surface area contributed by atoms with Gasteiger partial charge in [0.2, 0.25) is 0 Å². The van der Waals surface area contributed by atoms with E-state index in [4.69, 9.17) is 16.2 Å². The number of unbranched alkanes of at least 4 members (excludes halogenated alkanes) is 1. The second kappa shape index (κ2) is 9.88. The van der Waals surface area contributed by atoms with Gasteiger partial charge in [0.05, 0.1) is 0 Å². The Balaban J connectivity index is 0.00000289. The lowest BCUT2D eigenvalue weighted by Crippen LogP contribution is -2.32. The molecular formula is C13H21ClN2O2. The molecule has 0 fully saturated rings. The summed E-state index contributed by atoms with van der Waals surface area (Å²) in [7, 11) is 0. The smallest absolute Gasteiger partial charge is 0.323 e. The zero-order valence-corrected chi connectivity index (χ0v) is 11.2. The number of ether oxygens (including phenoxy) is 1. The molecule has 0 radical (unpaired) electrons. The molecule has 0 aromatic heterocycles. The lowest BCUT2D eigenvalue weighted by Gasteiger charge is -2.11. The number of nitrogens with two attached hydrogens (primary N) is 2. The molecule has 0 aliphatic carbocycles. The van der Waals surface area contributed by atoms with Crippen molar-refractivity contribution in [1.29, 1.82) is 0 Å². The van der Waals surface area contributed by atoms with Gasteiger partial charge in [0.25, 0.3) is 0 Å². The minimum atomic E-state index is -0.537. The van der Waals surface area contributed by atoms with Crippen LogP contribution in [0.1, 0.15) is 24.8 Å². The van der Waals surface area contributed by atoms with E-state index in [2.05, 4.69) is 0 Å². The van der Waals surface area contributed by atoms with Crippen molar-refractivity contribution in [3.05, 3.63) is 35.9 Å². The van der Waals surface area contributed by atoms with Crippen molar-refractivity contribution in [3.8, 4) is 0 Å². The molecule has 102 valence electrons. The molecule has 0 aliphatic heterocycles. The van der Waals surface area contributed by atoms with E-state index in [0.29, 0.717) is 13.0 Å². The van der Waals surface area contributed by atoms with Gasteiger partial charge in [-0.05, 0) is 24.9 Å². The number of halogens is 1. The molecule has 0 saturated heterocycles. The monoisotopic (exact) mass is 272 g/mol. The van der Waals surface area contributed by atoms with Gasteiger partial charge in [0.1, 0.15) is 12.6 Å². The second-order valence-corrected chi connectivity index (χ2v) is 3.98. The summed E-state index contributed by atoms with van der Waals surface area (Å²) in [5, 5.41) is 0. The zero-order valence-electron chi connectivity index (χ0n) is 10.4. The molecule has 0 spiro atoms. The van der Waals surface area contributed by atoms with Crippen LogP contribution in [0.2, 0.25) is 0 Å². The maximum atomic E-state index is 11.5. The molecular weight excluding hydrogens is 252 g/mol. The number of esters is 1. The zero-order chi connectivity index (χ0) is 12.5. The summed E-state index contributed by atoms with van der Waals surface area (Å²) in [5.74, 6) is -0.342. The van der Waals surface area contributed by atoms with Crippen LogP contribution in [0.25, 0.3) is 0 Å².